The third kappa shape index (κ3) is 6.51. The van der Waals surface area contributed by atoms with Crippen molar-refractivity contribution in [1.29, 1.82) is 0 Å². The molecule has 1 atom stereocenters. The lowest BCUT2D eigenvalue weighted by Crippen LogP contribution is -2.30. The molecule has 2 N–H and O–H groups in total. The van der Waals surface area contributed by atoms with Gasteiger partial charge in [0.25, 0.3) is 0 Å². The van der Waals surface area contributed by atoms with Crippen LogP contribution in [0, 0.1) is 5.82 Å². The van der Waals surface area contributed by atoms with Crippen LogP contribution in [0.4, 0.5) is 4.39 Å². The second-order valence-corrected chi connectivity index (χ2v) is 6.29. The van der Waals surface area contributed by atoms with Gasteiger partial charge in [-0.3, -0.25) is 4.79 Å². The second-order valence-electron chi connectivity index (χ2n) is 5.11. The van der Waals surface area contributed by atoms with Gasteiger partial charge in [0.2, 0.25) is 5.91 Å². The van der Waals surface area contributed by atoms with E-state index in [1.807, 2.05) is 37.4 Å². The topological polar surface area (TPSA) is 41.1 Å². The summed E-state index contributed by atoms with van der Waals surface area (Å²) in [5.74, 6) is -0.302. The molecule has 0 heterocycles. The first kappa shape index (κ1) is 20.5. The molecule has 0 aliphatic carbocycles. The average molecular weight is 369 g/mol. The molecule has 0 spiro atoms. The zero-order valence-corrected chi connectivity index (χ0v) is 15.1. The standard InChI is InChI=1S/C18H21FN2OS.ClH/c1-20-12-5-13-21-18(22)17(14-6-3-2-4-7-14)23-16-10-8-15(19)9-11-16;/h2-4,6-11,17,20H,5,12-13H2,1H3,(H,21,22);1H. The van der Waals surface area contributed by atoms with E-state index in [9.17, 15) is 9.18 Å². The number of amides is 1. The largest absolute Gasteiger partial charge is 0.355 e. The van der Waals surface area contributed by atoms with Gasteiger partial charge in [0.05, 0.1) is 0 Å². The zero-order valence-electron chi connectivity index (χ0n) is 13.5. The Hall–Kier alpha value is -1.56. The predicted octanol–water partition coefficient (Wildman–Crippen LogP) is 3.81. The van der Waals surface area contributed by atoms with Gasteiger partial charge in [-0.25, -0.2) is 4.39 Å². The average Bonchev–Trinajstić information content (AvgIpc) is 2.59. The number of rotatable bonds is 8. The summed E-state index contributed by atoms with van der Waals surface area (Å²) in [4.78, 5) is 13.4. The molecule has 3 nitrogen and oxygen atoms in total. The molecular weight excluding hydrogens is 347 g/mol. The summed E-state index contributed by atoms with van der Waals surface area (Å²) in [6, 6.07) is 15.9. The van der Waals surface area contributed by atoms with Crippen LogP contribution in [0.25, 0.3) is 0 Å². The van der Waals surface area contributed by atoms with E-state index in [1.165, 1.54) is 23.9 Å². The highest BCUT2D eigenvalue weighted by molar-refractivity contribution is 8.00. The van der Waals surface area contributed by atoms with Gasteiger partial charge in [-0.1, -0.05) is 30.3 Å². The normalized spacial score (nSPS) is 11.4. The van der Waals surface area contributed by atoms with Crippen molar-refractivity contribution in [2.45, 2.75) is 16.6 Å². The smallest absolute Gasteiger partial charge is 0.237 e. The van der Waals surface area contributed by atoms with Gasteiger partial charge < -0.3 is 10.6 Å². The molecule has 2 rings (SSSR count). The van der Waals surface area contributed by atoms with Crippen molar-refractivity contribution in [2.75, 3.05) is 20.1 Å². The van der Waals surface area contributed by atoms with E-state index < -0.39 is 0 Å². The molecular formula is C18H22ClFN2OS. The first-order valence-corrected chi connectivity index (χ1v) is 8.48. The van der Waals surface area contributed by atoms with Crippen molar-refractivity contribution in [3.63, 3.8) is 0 Å². The molecule has 0 saturated carbocycles. The Morgan fingerprint density at radius 1 is 1.08 bits per heavy atom. The van der Waals surface area contributed by atoms with E-state index in [1.54, 1.807) is 12.1 Å². The van der Waals surface area contributed by atoms with Crippen LogP contribution in [0.3, 0.4) is 0 Å². The van der Waals surface area contributed by atoms with E-state index >= 15 is 0 Å². The Bertz CT molecular complexity index is 610. The number of hydrogen-bond acceptors (Lipinski definition) is 3. The first-order chi connectivity index (χ1) is 11.2. The van der Waals surface area contributed by atoms with E-state index in [4.69, 9.17) is 0 Å². The number of thioether (sulfide) groups is 1. The molecule has 0 radical (unpaired) electrons. The minimum Gasteiger partial charge on any atom is -0.355 e. The van der Waals surface area contributed by atoms with Gasteiger partial charge in [-0.15, -0.1) is 24.2 Å². The molecule has 0 aromatic heterocycles. The van der Waals surface area contributed by atoms with Gasteiger partial charge in [-0.2, -0.15) is 0 Å². The molecule has 2 aromatic carbocycles. The van der Waals surface area contributed by atoms with Crippen molar-refractivity contribution in [3.8, 4) is 0 Å². The highest BCUT2D eigenvalue weighted by Gasteiger charge is 2.21. The third-order valence-corrected chi connectivity index (χ3v) is 4.58. The Morgan fingerprint density at radius 3 is 2.38 bits per heavy atom. The van der Waals surface area contributed by atoms with Gasteiger partial charge in [0.15, 0.2) is 0 Å². The molecule has 0 aliphatic heterocycles. The van der Waals surface area contributed by atoms with Crippen LogP contribution in [0.1, 0.15) is 17.2 Å². The molecule has 0 saturated heterocycles. The molecule has 1 amide bonds. The number of nitrogens with one attached hydrogen (secondary N) is 2. The highest BCUT2D eigenvalue weighted by Crippen LogP contribution is 2.35. The minimum absolute atomic E-state index is 0. The van der Waals surface area contributed by atoms with Crippen LogP contribution in [0.5, 0.6) is 0 Å². The zero-order chi connectivity index (χ0) is 16.5. The quantitative estimate of drug-likeness (QED) is 0.550. The fraction of sp³-hybridized carbons (Fsp3) is 0.278. The van der Waals surface area contributed by atoms with Gasteiger partial charge >= 0.3 is 0 Å². The number of halogens is 2. The lowest BCUT2D eigenvalue weighted by atomic mass is 10.1. The van der Waals surface area contributed by atoms with Crippen molar-refractivity contribution in [3.05, 3.63) is 66.0 Å². The Kier molecular flexibility index (Phi) is 9.45. The lowest BCUT2D eigenvalue weighted by Gasteiger charge is -2.17. The molecule has 0 fully saturated rings. The second kappa shape index (κ2) is 11.1. The SMILES string of the molecule is CNCCCNC(=O)C(Sc1ccc(F)cc1)c1ccccc1.Cl. The van der Waals surface area contributed by atoms with Gasteiger partial charge in [0.1, 0.15) is 11.1 Å². The number of carbonyl (C=O) groups excluding carboxylic acids is 1. The maximum atomic E-state index is 13.1. The van der Waals surface area contributed by atoms with Crippen LogP contribution >= 0.6 is 24.2 Å². The van der Waals surface area contributed by atoms with Crippen molar-refractivity contribution >= 4 is 30.1 Å². The first-order valence-electron chi connectivity index (χ1n) is 7.60. The monoisotopic (exact) mass is 368 g/mol. The highest BCUT2D eigenvalue weighted by atomic mass is 35.5. The molecule has 24 heavy (non-hydrogen) atoms. The molecule has 6 heteroatoms. The van der Waals surface area contributed by atoms with Crippen LogP contribution in [0.2, 0.25) is 0 Å². The number of carbonyl (C=O) groups is 1. The van der Waals surface area contributed by atoms with Crippen LogP contribution in [-0.4, -0.2) is 26.0 Å². The summed E-state index contributed by atoms with van der Waals surface area (Å²) in [6.45, 7) is 1.49. The Morgan fingerprint density at radius 2 is 1.75 bits per heavy atom. The van der Waals surface area contributed by atoms with E-state index in [-0.39, 0.29) is 29.4 Å². The predicted molar refractivity (Wildman–Crippen MR) is 100 cm³/mol. The number of hydrogen-bond donors (Lipinski definition) is 2. The summed E-state index contributed by atoms with van der Waals surface area (Å²) >= 11 is 1.43. The molecule has 1 unspecified atom stereocenters. The summed E-state index contributed by atoms with van der Waals surface area (Å²) in [5, 5.41) is 5.68. The fourth-order valence-corrected chi connectivity index (χ4v) is 3.17. The Balaban J connectivity index is 0.00000288. The van der Waals surface area contributed by atoms with Crippen LogP contribution in [0.15, 0.2) is 59.5 Å². The minimum atomic E-state index is -0.351. The summed E-state index contributed by atoms with van der Waals surface area (Å²) < 4.78 is 13.1. The Labute approximate surface area is 152 Å². The van der Waals surface area contributed by atoms with Crippen molar-refractivity contribution in [2.24, 2.45) is 0 Å². The lowest BCUT2D eigenvalue weighted by molar-refractivity contribution is -0.120. The third-order valence-electron chi connectivity index (χ3n) is 3.31. The molecule has 0 aliphatic rings. The maximum Gasteiger partial charge on any atom is 0.237 e. The van der Waals surface area contributed by atoms with Crippen molar-refractivity contribution < 1.29 is 9.18 Å². The van der Waals surface area contributed by atoms with E-state index in [2.05, 4.69) is 10.6 Å². The van der Waals surface area contributed by atoms with Crippen molar-refractivity contribution in [1.82, 2.24) is 10.6 Å². The molecule has 130 valence electrons. The molecule has 0 bridgehead atoms. The maximum absolute atomic E-state index is 13.1. The van der Waals surface area contributed by atoms with Gasteiger partial charge in [0, 0.05) is 11.4 Å². The summed E-state index contributed by atoms with van der Waals surface area (Å²) in [7, 11) is 1.89. The van der Waals surface area contributed by atoms with E-state index in [0.717, 1.165) is 23.4 Å². The fourth-order valence-electron chi connectivity index (χ4n) is 2.12. The summed E-state index contributed by atoms with van der Waals surface area (Å²) in [5.41, 5.74) is 0.938. The number of benzene rings is 2. The van der Waals surface area contributed by atoms with Crippen LogP contribution in [-0.2, 0) is 4.79 Å². The molecule has 2 aromatic rings. The van der Waals surface area contributed by atoms with E-state index in [0.29, 0.717) is 6.54 Å². The van der Waals surface area contributed by atoms with Gasteiger partial charge in [-0.05, 0) is 49.8 Å². The van der Waals surface area contributed by atoms with Crippen LogP contribution < -0.4 is 10.6 Å². The summed E-state index contributed by atoms with van der Waals surface area (Å²) in [6.07, 6.45) is 0.880.